The summed E-state index contributed by atoms with van der Waals surface area (Å²) in [6.45, 7) is 0. The monoisotopic (exact) mass is 82.0 g/mol. The summed E-state index contributed by atoms with van der Waals surface area (Å²) in [6, 6.07) is 0. The third kappa shape index (κ3) is 0.578. The predicted octanol–water partition coefficient (Wildman–Crippen LogP) is 0.709. The number of allylic oxidation sites excluding steroid dienone is 1. The van der Waals surface area contributed by atoms with Gasteiger partial charge in [0.25, 0.3) is 0 Å². The van der Waals surface area contributed by atoms with Gasteiger partial charge in [-0.15, -0.1) is 0 Å². The van der Waals surface area contributed by atoms with E-state index in [1.165, 1.54) is 0 Å². The Morgan fingerprint density at radius 3 is 3.00 bits per heavy atom. The van der Waals surface area contributed by atoms with Crippen LogP contribution in [0, 0.1) is 6.26 Å². The van der Waals surface area contributed by atoms with Gasteiger partial charge in [0.2, 0.25) is 0 Å². The van der Waals surface area contributed by atoms with Crippen molar-refractivity contribution >= 4 is 6.21 Å². The van der Waals surface area contributed by atoms with Crippen LogP contribution >= 0.6 is 0 Å². The minimum Gasteiger partial charge on any atom is -0.354 e. The van der Waals surface area contributed by atoms with Crippen LogP contribution in [0.1, 0.15) is 6.42 Å². The van der Waals surface area contributed by atoms with Crippen molar-refractivity contribution in [2.24, 2.45) is 5.16 Å². The summed E-state index contributed by atoms with van der Waals surface area (Å²) >= 11 is 0. The van der Waals surface area contributed by atoms with E-state index in [0.29, 0.717) is 0 Å². The van der Waals surface area contributed by atoms with Gasteiger partial charge in [-0.3, -0.25) is 0 Å². The topological polar surface area (TPSA) is 21.6 Å². The van der Waals surface area contributed by atoms with E-state index in [-0.39, 0.29) is 0 Å². The molecule has 0 unspecified atom stereocenters. The molecule has 1 aliphatic rings. The van der Waals surface area contributed by atoms with Gasteiger partial charge >= 0.3 is 0 Å². The molecule has 0 fully saturated rings. The minimum atomic E-state index is 0.847. The Balaban J connectivity index is 2.40. The summed E-state index contributed by atoms with van der Waals surface area (Å²) in [4.78, 5) is 4.33. The maximum absolute atomic E-state index is 4.33. The van der Waals surface area contributed by atoms with Crippen molar-refractivity contribution in [2.75, 3.05) is 0 Å². The zero-order valence-electron chi connectivity index (χ0n) is 3.22. The zero-order chi connectivity index (χ0) is 4.24. The molecule has 1 radical (unpaired) electrons. The molecule has 0 N–H and O–H groups in total. The average Bonchev–Trinajstić information content (AvgIpc) is 1.72. The van der Waals surface area contributed by atoms with Gasteiger partial charge in [-0.05, 0) is 6.08 Å². The number of oxime groups is 1. The minimum absolute atomic E-state index is 0.847. The summed E-state index contributed by atoms with van der Waals surface area (Å²) < 4.78 is 0. The van der Waals surface area contributed by atoms with Crippen LogP contribution in [0.3, 0.4) is 0 Å². The predicted molar refractivity (Wildman–Crippen MR) is 22.0 cm³/mol. The number of hydrogen-bond acceptors (Lipinski definition) is 2. The van der Waals surface area contributed by atoms with Crippen molar-refractivity contribution in [1.29, 1.82) is 0 Å². The third-order valence-corrected chi connectivity index (χ3v) is 0.487. The van der Waals surface area contributed by atoms with E-state index in [1.54, 1.807) is 12.3 Å². The fourth-order valence-corrected chi connectivity index (χ4v) is 0.249. The Labute approximate surface area is 36.1 Å². The number of nitrogens with zero attached hydrogens (tertiary/aromatic N) is 1. The van der Waals surface area contributed by atoms with Crippen molar-refractivity contribution in [3.8, 4) is 0 Å². The second-order valence-electron chi connectivity index (χ2n) is 0.937. The summed E-state index contributed by atoms with van der Waals surface area (Å²) in [6.07, 6.45) is 6.76. The van der Waals surface area contributed by atoms with E-state index in [4.69, 9.17) is 0 Å². The maximum atomic E-state index is 4.33. The first-order valence-electron chi connectivity index (χ1n) is 1.75. The van der Waals surface area contributed by atoms with Crippen molar-refractivity contribution in [3.63, 3.8) is 0 Å². The van der Waals surface area contributed by atoms with Crippen LogP contribution in [0.5, 0.6) is 0 Å². The van der Waals surface area contributed by atoms with E-state index in [9.17, 15) is 0 Å². The van der Waals surface area contributed by atoms with Gasteiger partial charge in [0.15, 0.2) is 6.26 Å². The molecule has 0 aromatic carbocycles. The molecular formula is C4H4NO. The Bertz CT molecular complexity index is 65.5. The van der Waals surface area contributed by atoms with Crippen LogP contribution in [0.2, 0.25) is 0 Å². The fourth-order valence-electron chi connectivity index (χ4n) is 0.249. The van der Waals surface area contributed by atoms with Crippen LogP contribution in [0.15, 0.2) is 11.2 Å². The highest BCUT2D eigenvalue weighted by atomic mass is 16.6. The Kier molecular flexibility index (Phi) is 0.906. The van der Waals surface area contributed by atoms with E-state index < -0.39 is 0 Å². The van der Waals surface area contributed by atoms with Gasteiger partial charge < -0.3 is 4.84 Å². The Hall–Kier alpha value is -0.790. The standard InChI is InChI=1S/C4H4NO/c1-2-4-6-5-3-1/h2-3H,1H2. The first-order chi connectivity index (χ1) is 3.00. The van der Waals surface area contributed by atoms with E-state index in [1.807, 2.05) is 0 Å². The van der Waals surface area contributed by atoms with Crippen molar-refractivity contribution in [3.05, 3.63) is 12.3 Å². The summed E-state index contributed by atoms with van der Waals surface area (Å²) in [7, 11) is 0. The Morgan fingerprint density at radius 2 is 2.83 bits per heavy atom. The maximum Gasteiger partial charge on any atom is 0.199 e. The SMILES string of the molecule is [C]1=CCC=NO1. The molecular weight excluding hydrogens is 78.0 g/mol. The zero-order valence-corrected chi connectivity index (χ0v) is 3.22. The van der Waals surface area contributed by atoms with Crippen molar-refractivity contribution in [1.82, 2.24) is 0 Å². The highest BCUT2D eigenvalue weighted by Crippen LogP contribution is 1.86. The normalized spacial score (nSPS) is 17.3. The Morgan fingerprint density at radius 1 is 1.83 bits per heavy atom. The van der Waals surface area contributed by atoms with Crippen molar-refractivity contribution in [2.45, 2.75) is 6.42 Å². The van der Waals surface area contributed by atoms with Gasteiger partial charge in [-0.1, -0.05) is 5.16 Å². The lowest BCUT2D eigenvalue weighted by molar-refractivity contribution is 0.242. The van der Waals surface area contributed by atoms with Gasteiger partial charge in [0, 0.05) is 12.6 Å². The molecule has 1 rings (SSSR count). The molecule has 1 aliphatic heterocycles. The second-order valence-corrected chi connectivity index (χ2v) is 0.937. The third-order valence-electron chi connectivity index (χ3n) is 0.487. The smallest absolute Gasteiger partial charge is 0.199 e. The molecule has 6 heavy (non-hydrogen) atoms. The van der Waals surface area contributed by atoms with E-state index in [0.717, 1.165) is 6.42 Å². The highest BCUT2D eigenvalue weighted by molar-refractivity contribution is 5.58. The molecule has 1 heterocycles. The molecule has 2 heteroatoms. The van der Waals surface area contributed by atoms with E-state index in [2.05, 4.69) is 16.3 Å². The van der Waals surface area contributed by atoms with Crippen LogP contribution in [0.25, 0.3) is 0 Å². The summed E-state index contributed by atoms with van der Waals surface area (Å²) in [5, 5.41) is 3.41. The van der Waals surface area contributed by atoms with Gasteiger partial charge in [-0.25, -0.2) is 0 Å². The molecule has 0 aliphatic carbocycles. The van der Waals surface area contributed by atoms with E-state index >= 15 is 0 Å². The first-order valence-corrected chi connectivity index (χ1v) is 1.75. The number of hydrogen-bond donors (Lipinski definition) is 0. The van der Waals surface area contributed by atoms with Gasteiger partial charge in [-0.2, -0.15) is 0 Å². The van der Waals surface area contributed by atoms with Crippen LogP contribution in [-0.2, 0) is 4.84 Å². The van der Waals surface area contributed by atoms with Crippen LogP contribution < -0.4 is 0 Å². The lowest BCUT2D eigenvalue weighted by atomic mass is 10.4. The molecule has 2 nitrogen and oxygen atoms in total. The quantitative estimate of drug-likeness (QED) is 0.421. The molecule has 0 bridgehead atoms. The summed E-state index contributed by atoms with van der Waals surface area (Å²) in [5.41, 5.74) is 0. The molecule has 0 spiro atoms. The second kappa shape index (κ2) is 1.60. The highest BCUT2D eigenvalue weighted by Gasteiger charge is 1.78. The lowest BCUT2D eigenvalue weighted by Gasteiger charge is -1.88. The molecule has 0 atom stereocenters. The largest absolute Gasteiger partial charge is 0.354 e. The average molecular weight is 82.1 g/mol. The molecule has 0 amide bonds. The summed E-state index contributed by atoms with van der Waals surface area (Å²) in [5.74, 6) is 0. The van der Waals surface area contributed by atoms with Crippen LogP contribution in [0.4, 0.5) is 0 Å². The van der Waals surface area contributed by atoms with Crippen molar-refractivity contribution < 1.29 is 4.84 Å². The van der Waals surface area contributed by atoms with Gasteiger partial charge in [0.05, 0.1) is 0 Å². The molecule has 0 aromatic rings. The molecule has 0 aromatic heterocycles. The van der Waals surface area contributed by atoms with Gasteiger partial charge in [0.1, 0.15) is 0 Å². The number of rotatable bonds is 0. The molecule has 0 saturated carbocycles. The van der Waals surface area contributed by atoms with Crippen LogP contribution in [-0.4, -0.2) is 6.21 Å². The first kappa shape index (κ1) is 3.40. The molecule has 31 valence electrons. The fraction of sp³-hybridized carbons (Fsp3) is 0.250. The molecule has 0 saturated heterocycles. The lowest BCUT2D eigenvalue weighted by Crippen LogP contribution is -1.79.